The van der Waals surface area contributed by atoms with Crippen LogP contribution in [0.2, 0.25) is 0 Å². The number of anilines is 1. The van der Waals surface area contributed by atoms with Crippen LogP contribution in [0.5, 0.6) is 0 Å². The van der Waals surface area contributed by atoms with Gasteiger partial charge in [0.15, 0.2) is 0 Å². The Bertz CT molecular complexity index is 464. The minimum atomic E-state index is -1.00. The predicted molar refractivity (Wildman–Crippen MR) is 72.5 cm³/mol. The van der Waals surface area contributed by atoms with Crippen LogP contribution >= 0.6 is 0 Å². The highest BCUT2D eigenvalue weighted by Crippen LogP contribution is 2.17. The minimum Gasteiger partial charge on any atom is -0.477 e. The van der Waals surface area contributed by atoms with Crippen molar-refractivity contribution in [3.05, 3.63) is 17.6 Å². The maximum Gasteiger partial charge on any atom is 0.341 e. The molecule has 19 heavy (non-hydrogen) atoms. The van der Waals surface area contributed by atoms with E-state index in [-0.39, 0.29) is 5.56 Å². The van der Waals surface area contributed by atoms with Crippen LogP contribution in [0.3, 0.4) is 0 Å². The molecule has 0 bridgehead atoms. The first-order valence-corrected chi connectivity index (χ1v) is 6.59. The van der Waals surface area contributed by atoms with E-state index in [9.17, 15) is 4.79 Å². The van der Waals surface area contributed by atoms with Crippen molar-refractivity contribution in [3.63, 3.8) is 0 Å². The standard InChI is InChI=1S/C13H20N4O2/c1-9-14-8-11(13(18)19)12(16-9)15-7-10-5-3-4-6-17(10)2/h8,10H,3-7H2,1-2H3,(H,18,19)(H,14,15,16). The second kappa shape index (κ2) is 5.97. The number of nitrogens with zero attached hydrogens (tertiary/aromatic N) is 3. The highest BCUT2D eigenvalue weighted by Gasteiger charge is 2.20. The predicted octanol–water partition coefficient (Wildman–Crippen LogP) is 1.38. The highest BCUT2D eigenvalue weighted by atomic mass is 16.4. The fourth-order valence-corrected chi connectivity index (χ4v) is 2.38. The molecule has 0 aromatic carbocycles. The van der Waals surface area contributed by atoms with E-state index in [1.54, 1.807) is 6.92 Å². The molecule has 0 radical (unpaired) electrons. The lowest BCUT2D eigenvalue weighted by atomic mass is 10.0. The Labute approximate surface area is 112 Å². The van der Waals surface area contributed by atoms with Gasteiger partial charge in [-0.2, -0.15) is 0 Å². The molecule has 2 rings (SSSR count). The second-order valence-corrected chi connectivity index (χ2v) is 5.00. The smallest absolute Gasteiger partial charge is 0.341 e. The molecule has 0 spiro atoms. The Morgan fingerprint density at radius 2 is 2.37 bits per heavy atom. The summed E-state index contributed by atoms with van der Waals surface area (Å²) in [5, 5.41) is 12.3. The van der Waals surface area contributed by atoms with Gasteiger partial charge in [0.25, 0.3) is 0 Å². The number of nitrogens with one attached hydrogen (secondary N) is 1. The Morgan fingerprint density at radius 1 is 1.58 bits per heavy atom. The number of piperidine rings is 1. The van der Waals surface area contributed by atoms with Gasteiger partial charge < -0.3 is 15.3 Å². The van der Waals surface area contributed by atoms with E-state index in [2.05, 4.69) is 27.2 Å². The number of aromatic carboxylic acids is 1. The zero-order chi connectivity index (χ0) is 13.8. The average Bonchev–Trinajstić information content (AvgIpc) is 2.37. The quantitative estimate of drug-likeness (QED) is 0.855. The number of carbonyl (C=O) groups is 1. The normalized spacial score (nSPS) is 20.2. The molecule has 1 atom stereocenters. The van der Waals surface area contributed by atoms with Gasteiger partial charge in [0.05, 0.1) is 0 Å². The van der Waals surface area contributed by atoms with Crippen molar-refractivity contribution in [2.24, 2.45) is 0 Å². The summed E-state index contributed by atoms with van der Waals surface area (Å²) in [4.78, 5) is 21.5. The van der Waals surface area contributed by atoms with Gasteiger partial charge in [-0.05, 0) is 33.4 Å². The van der Waals surface area contributed by atoms with Crippen LogP contribution in [-0.4, -0.2) is 52.1 Å². The first kappa shape index (κ1) is 13.7. The van der Waals surface area contributed by atoms with Crippen molar-refractivity contribution in [1.29, 1.82) is 0 Å². The number of likely N-dealkylation sites (tertiary alicyclic amines) is 1. The monoisotopic (exact) mass is 264 g/mol. The number of aryl methyl sites for hydroxylation is 1. The van der Waals surface area contributed by atoms with Gasteiger partial charge in [0.2, 0.25) is 0 Å². The molecule has 1 saturated heterocycles. The molecular weight excluding hydrogens is 244 g/mol. The van der Waals surface area contributed by atoms with E-state index in [1.165, 1.54) is 19.0 Å². The number of likely N-dealkylation sites (N-methyl/N-ethyl adjacent to an activating group) is 1. The Morgan fingerprint density at radius 3 is 3.05 bits per heavy atom. The van der Waals surface area contributed by atoms with Crippen molar-refractivity contribution in [2.75, 3.05) is 25.5 Å². The number of aromatic nitrogens is 2. The van der Waals surface area contributed by atoms with Crippen LogP contribution in [0.15, 0.2) is 6.20 Å². The fourth-order valence-electron chi connectivity index (χ4n) is 2.38. The molecule has 1 aromatic rings. The van der Waals surface area contributed by atoms with Crippen LogP contribution in [0.4, 0.5) is 5.82 Å². The number of hydrogen-bond donors (Lipinski definition) is 2. The second-order valence-electron chi connectivity index (χ2n) is 5.00. The highest BCUT2D eigenvalue weighted by molar-refractivity contribution is 5.92. The SMILES string of the molecule is Cc1ncc(C(=O)O)c(NCC2CCCCN2C)n1. The first-order valence-electron chi connectivity index (χ1n) is 6.59. The average molecular weight is 264 g/mol. The fraction of sp³-hybridized carbons (Fsp3) is 0.615. The summed E-state index contributed by atoms with van der Waals surface area (Å²) in [5.74, 6) is -0.0111. The summed E-state index contributed by atoms with van der Waals surface area (Å²) < 4.78 is 0. The zero-order valence-electron chi connectivity index (χ0n) is 11.4. The van der Waals surface area contributed by atoms with E-state index >= 15 is 0 Å². The molecule has 0 amide bonds. The van der Waals surface area contributed by atoms with Gasteiger partial charge >= 0.3 is 5.97 Å². The molecular formula is C13H20N4O2. The molecule has 2 N–H and O–H groups in total. The summed E-state index contributed by atoms with van der Waals surface area (Å²) in [5.41, 5.74) is 0.129. The van der Waals surface area contributed by atoms with Crippen molar-refractivity contribution < 1.29 is 9.90 Å². The minimum absolute atomic E-state index is 0.129. The number of rotatable bonds is 4. The van der Waals surface area contributed by atoms with Crippen LogP contribution in [-0.2, 0) is 0 Å². The molecule has 0 saturated carbocycles. The molecule has 1 aromatic heterocycles. The summed E-state index contributed by atoms with van der Waals surface area (Å²) >= 11 is 0. The molecule has 1 unspecified atom stereocenters. The van der Waals surface area contributed by atoms with E-state index in [0.29, 0.717) is 24.2 Å². The van der Waals surface area contributed by atoms with Gasteiger partial charge in [0.1, 0.15) is 17.2 Å². The summed E-state index contributed by atoms with van der Waals surface area (Å²) in [6.07, 6.45) is 4.96. The van der Waals surface area contributed by atoms with Crippen molar-refractivity contribution in [3.8, 4) is 0 Å². The third kappa shape index (κ3) is 3.41. The van der Waals surface area contributed by atoms with Gasteiger partial charge in [-0.1, -0.05) is 6.42 Å². The van der Waals surface area contributed by atoms with Crippen LogP contribution in [0, 0.1) is 6.92 Å². The van der Waals surface area contributed by atoms with E-state index in [4.69, 9.17) is 5.11 Å². The summed E-state index contributed by atoms with van der Waals surface area (Å²) in [6, 6.07) is 0.436. The van der Waals surface area contributed by atoms with Crippen molar-refractivity contribution in [1.82, 2.24) is 14.9 Å². The lowest BCUT2D eigenvalue weighted by Crippen LogP contribution is -2.41. The molecule has 1 fully saturated rings. The van der Waals surface area contributed by atoms with Gasteiger partial charge in [-0.3, -0.25) is 0 Å². The number of carboxylic acids is 1. The maximum atomic E-state index is 11.1. The third-order valence-corrected chi connectivity index (χ3v) is 3.57. The molecule has 6 heteroatoms. The molecule has 1 aliphatic rings. The van der Waals surface area contributed by atoms with Crippen LogP contribution in [0.1, 0.15) is 35.4 Å². The number of carboxylic acid groups (broad SMARTS) is 1. The lowest BCUT2D eigenvalue weighted by Gasteiger charge is -2.32. The zero-order valence-corrected chi connectivity index (χ0v) is 11.4. The molecule has 104 valence electrons. The molecule has 2 heterocycles. The molecule has 1 aliphatic heterocycles. The maximum absolute atomic E-state index is 11.1. The summed E-state index contributed by atoms with van der Waals surface area (Å²) in [7, 11) is 2.11. The van der Waals surface area contributed by atoms with Gasteiger partial charge in [0, 0.05) is 18.8 Å². The Balaban J connectivity index is 2.05. The van der Waals surface area contributed by atoms with Gasteiger partial charge in [-0.15, -0.1) is 0 Å². The largest absolute Gasteiger partial charge is 0.477 e. The first-order chi connectivity index (χ1) is 9.08. The van der Waals surface area contributed by atoms with Gasteiger partial charge in [-0.25, -0.2) is 14.8 Å². The van der Waals surface area contributed by atoms with Crippen molar-refractivity contribution >= 4 is 11.8 Å². The van der Waals surface area contributed by atoms with E-state index in [1.807, 2.05) is 0 Å². The van der Waals surface area contributed by atoms with Crippen LogP contribution < -0.4 is 5.32 Å². The lowest BCUT2D eigenvalue weighted by molar-refractivity contribution is 0.0697. The van der Waals surface area contributed by atoms with Crippen LogP contribution in [0.25, 0.3) is 0 Å². The Kier molecular flexibility index (Phi) is 4.31. The topological polar surface area (TPSA) is 78.3 Å². The molecule has 0 aliphatic carbocycles. The number of hydrogen-bond acceptors (Lipinski definition) is 5. The molecule has 6 nitrogen and oxygen atoms in total. The third-order valence-electron chi connectivity index (χ3n) is 3.57. The van der Waals surface area contributed by atoms with E-state index < -0.39 is 5.97 Å². The van der Waals surface area contributed by atoms with Crippen molar-refractivity contribution in [2.45, 2.75) is 32.2 Å². The summed E-state index contributed by atoms with van der Waals surface area (Å²) in [6.45, 7) is 3.57. The Hall–Kier alpha value is -1.69. The van der Waals surface area contributed by atoms with E-state index in [0.717, 1.165) is 13.0 Å².